The third kappa shape index (κ3) is 3.48. The first-order valence-electron chi connectivity index (χ1n) is 5.20. The van der Waals surface area contributed by atoms with Gasteiger partial charge < -0.3 is 16.2 Å². The number of amides is 1. The highest BCUT2D eigenvalue weighted by Crippen LogP contribution is 2.13. The molecule has 0 aliphatic heterocycles. The molecule has 4 N–H and O–H groups in total. The lowest BCUT2D eigenvalue weighted by Crippen LogP contribution is -2.38. The zero-order valence-corrected chi connectivity index (χ0v) is 9.86. The zero-order valence-electron chi connectivity index (χ0n) is 9.86. The molecule has 1 amide bonds. The van der Waals surface area contributed by atoms with Crippen LogP contribution in [0.3, 0.4) is 0 Å². The number of nitrogen functional groups attached to an aromatic ring is 1. The van der Waals surface area contributed by atoms with Gasteiger partial charge in [-0.3, -0.25) is 9.59 Å². The number of hydrogen-bond acceptors (Lipinski definition) is 3. The molecule has 1 rings (SSSR count). The Bertz CT molecular complexity index is 424. The van der Waals surface area contributed by atoms with Gasteiger partial charge in [0, 0.05) is 17.8 Å². The number of carbonyl (C=O) groups is 2. The number of nitrogens with two attached hydrogens (primary N) is 1. The van der Waals surface area contributed by atoms with E-state index in [9.17, 15) is 9.59 Å². The minimum absolute atomic E-state index is 0.0749. The molecule has 0 saturated carbocycles. The lowest BCUT2D eigenvalue weighted by Gasteiger charge is -2.19. The van der Waals surface area contributed by atoms with Gasteiger partial charge in [-0.1, -0.05) is 0 Å². The van der Waals surface area contributed by atoms with Crippen molar-refractivity contribution in [3.05, 3.63) is 29.8 Å². The summed E-state index contributed by atoms with van der Waals surface area (Å²) in [5.74, 6) is -1.26. The van der Waals surface area contributed by atoms with Gasteiger partial charge in [-0.2, -0.15) is 0 Å². The molecule has 5 nitrogen and oxygen atoms in total. The Morgan fingerprint density at radius 1 is 1.29 bits per heavy atom. The number of benzene rings is 1. The van der Waals surface area contributed by atoms with E-state index in [0.29, 0.717) is 11.3 Å². The first-order valence-corrected chi connectivity index (χ1v) is 5.20. The van der Waals surface area contributed by atoms with Crippen molar-refractivity contribution in [1.29, 1.82) is 0 Å². The lowest BCUT2D eigenvalue weighted by molar-refractivity contribution is -0.146. The van der Waals surface area contributed by atoms with Gasteiger partial charge >= 0.3 is 5.97 Å². The SMILES string of the molecule is CC(C)(CNC(=O)c1ccc(N)cc1)C(=O)O. The molecule has 1 aromatic rings. The zero-order chi connectivity index (χ0) is 13.1. The number of carbonyl (C=O) groups excluding carboxylic acids is 1. The van der Waals surface area contributed by atoms with Gasteiger partial charge in [-0.15, -0.1) is 0 Å². The lowest BCUT2D eigenvalue weighted by atomic mass is 9.94. The van der Waals surface area contributed by atoms with Crippen LogP contribution in [0.25, 0.3) is 0 Å². The molecule has 0 atom stereocenters. The normalized spacial score (nSPS) is 10.9. The molecule has 0 aromatic heterocycles. The number of rotatable bonds is 4. The summed E-state index contributed by atoms with van der Waals surface area (Å²) >= 11 is 0. The van der Waals surface area contributed by atoms with Crippen LogP contribution >= 0.6 is 0 Å². The van der Waals surface area contributed by atoms with E-state index in [1.165, 1.54) is 0 Å². The second-order valence-corrected chi connectivity index (χ2v) is 4.49. The van der Waals surface area contributed by atoms with E-state index in [-0.39, 0.29) is 12.5 Å². The maximum absolute atomic E-state index is 11.7. The molecule has 0 fully saturated rings. The second-order valence-electron chi connectivity index (χ2n) is 4.49. The Morgan fingerprint density at radius 2 is 1.82 bits per heavy atom. The van der Waals surface area contributed by atoms with Gasteiger partial charge in [-0.25, -0.2) is 0 Å². The van der Waals surface area contributed by atoms with Crippen LogP contribution in [-0.4, -0.2) is 23.5 Å². The summed E-state index contributed by atoms with van der Waals surface area (Å²) in [6.07, 6.45) is 0. The Hall–Kier alpha value is -2.04. The average Bonchev–Trinajstić information content (AvgIpc) is 2.27. The van der Waals surface area contributed by atoms with Crippen LogP contribution in [0.15, 0.2) is 24.3 Å². The summed E-state index contributed by atoms with van der Waals surface area (Å²) < 4.78 is 0. The topological polar surface area (TPSA) is 92.4 Å². The van der Waals surface area contributed by atoms with E-state index >= 15 is 0 Å². The monoisotopic (exact) mass is 236 g/mol. The van der Waals surface area contributed by atoms with E-state index in [1.54, 1.807) is 38.1 Å². The fourth-order valence-corrected chi connectivity index (χ4v) is 1.11. The quantitative estimate of drug-likeness (QED) is 0.683. The summed E-state index contributed by atoms with van der Waals surface area (Å²) in [4.78, 5) is 22.5. The van der Waals surface area contributed by atoms with E-state index in [0.717, 1.165) is 0 Å². The van der Waals surface area contributed by atoms with Crippen molar-refractivity contribution in [2.75, 3.05) is 12.3 Å². The number of carboxylic acids is 1. The van der Waals surface area contributed by atoms with Crippen molar-refractivity contribution in [2.24, 2.45) is 5.41 Å². The summed E-state index contributed by atoms with van der Waals surface area (Å²) in [5.41, 5.74) is 5.55. The van der Waals surface area contributed by atoms with Crippen LogP contribution in [0.4, 0.5) is 5.69 Å². The molecule has 1 aromatic carbocycles. The fourth-order valence-electron chi connectivity index (χ4n) is 1.11. The third-order valence-corrected chi connectivity index (χ3v) is 2.44. The molecule has 0 bridgehead atoms. The minimum Gasteiger partial charge on any atom is -0.481 e. The predicted molar refractivity (Wildman–Crippen MR) is 64.6 cm³/mol. The van der Waals surface area contributed by atoms with Crippen LogP contribution < -0.4 is 11.1 Å². The maximum atomic E-state index is 11.7. The molecule has 5 heteroatoms. The summed E-state index contributed by atoms with van der Waals surface area (Å²) in [6.45, 7) is 3.18. The molecule has 0 unspecified atom stereocenters. The Kier molecular flexibility index (Phi) is 3.73. The molecule has 0 spiro atoms. The van der Waals surface area contributed by atoms with Gasteiger partial charge in [0.05, 0.1) is 5.41 Å². The van der Waals surface area contributed by atoms with Crippen molar-refractivity contribution in [1.82, 2.24) is 5.32 Å². The van der Waals surface area contributed by atoms with Crippen molar-refractivity contribution < 1.29 is 14.7 Å². The summed E-state index contributed by atoms with van der Waals surface area (Å²) in [7, 11) is 0. The first-order chi connectivity index (χ1) is 7.83. The Labute approximate surface area is 99.6 Å². The van der Waals surface area contributed by atoms with Gasteiger partial charge in [0.25, 0.3) is 5.91 Å². The minimum atomic E-state index is -0.983. The molecular formula is C12H16N2O3. The maximum Gasteiger partial charge on any atom is 0.310 e. The second kappa shape index (κ2) is 4.86. The van der Waals surface area contributed by atoms with E-state index < -0.39 is 11.4 Å². The highest BCUT2D eigenvalue weighted by molar-refractivity contribution is 5.94. The Morgan fingerprint density at radius 3 is 2.29 bits per heavy atom. The van der Waals surface area contributed by atoms with Crippen molar-refractivity contribution in [3.63, 3.8) is 0 Å². The smallest absolute Gasteiger partial charge is 0.310 e. The molecule has 0 aliphatic carbocycles. The predicted octanol–water partition coefficient (Wildman–Crippen LogP) is 1.11. The third-order valence-electron chi connectivity index (χ3n) is 2.44. The van der Waals surface area contributed by atoms with Crippen LogP contribution in [0.2, 0.25) is 0 Å². The van der Waals surface area contributed by atoms with Gasteiger partial charge in [-0.05, 0) is 38.1 Å². The standard InChI is InChI=1S/C12H16N2O3/c1-12(2,11(16)17)7-14-10(15)8-3-5-9(13)6-4-8/h3-6H,7,13H2,1-2H3,(H,14,15)(H,16,17). The van der Waals surface area contributed by atoms with Crippen LogP contribution in [0.5, 0.6) is 0 Å². The number of nitrogens with one attached hydrogen (secondary N) is 1. The molecular weight excluding hydrogens is 220 g/mol. The Balaban J connectivity index is 2.62. The largest absolute Gasteiger partial charge is 0.481 e. The number of carboxylic acid groups (broad SMARTS) is 1. The average molecular weight is 236 g/mol. The van der Waals surface area contributed by atoms with Crippen LogP contribution in [0, 0.1) is 5.41 Å². The fraction of sp³-hybridized carbons (Fsp3) is 0.333. The van der Waals surface area contributed by atoms with Gasteiger partial charge in [0.15, 0.2) is 0 Å². The molecule has 17 heavy (non-hydrogen) atoms. The first kappa shape index (κ1) is 13.0. The van der Waals surface area contributed by atoms with E-state index in [1.807, 2.05) is 0 Å². The summed E-state index contributed by atoms with van der Waals surface area (Å²) in [5, 5.41) is 11.5. The number of aliphatic carboxylic acids is 1. The van der Waals surface area contributed by atoms with Gasteiger partial charge in [0.2, 0.25) is 0 Å². The van der Waals surface area contributed by atoms with Crippen molar-refractivity contribution >= 4 is 17.6 Å². The summed E-state index contributed by atoms with van der Waals surface area (Å²) in [6, 6.07) is 6.44. The van der Waals surface area contributed by atoms with Gasteiger partial charge in [0.1, 0.15) is 0 Å². The molecule has 0 heterocycles. The molecule has 92 valence electrons. The van der Waals surface area contributed by atoms with Crippen LogP contribution in [-0.2, 0) is 4.79 Å². The molecule has 0 saturated heterocycles. The van der Waals surface area contributed by atoms with E-state index in [4.69, 9.17) is 10.8 Å². The van der Waals surface area contributed by atoms with E-state index in [2.05, 4.69) is 5.32 Å². The highest BCUT2D eigenvalue weighted by Gasteiger charge is 2.27. The van der Waals surface area contributed by atoms with Crippen molar-refractivity contribution in [2.45, 2.75) is 13.8 Å². The highest BCUT2D eigenvalue weighted by atomic mass is 16.4. The molecule has 0 radical (unpaired) electrons. The van der Waals surface area contributed by atoms with Crippen LogP contribution in [0.1, 0.15) is 24.2 Å². The molecule has 0 aliphatic rings. The number of anilines is 1. The number of hydrogen-bond donors (Lipinski definition) is 3. The van der Waals surface area contributed by atoms with Crippen molar-refractivity contribution in [3.8, 4) is 0 Å².